The molecular formula is C23H24FN3O4. The lowest BCUT2D eigenvalue weighted by molar-refractivity contribution is -0.136. The maximum Gasteiger partial charge on any atom is 0.262 e. The molecule has 2 fully saturated rings. The number of carbonyl (C=O) groups excluding carboxylic acids is 4. The second-order valence-corrected chi connectivity index (χ2v) is 9.11. The number of rotatable bonds is 3. The van der Waals surface area contributed by atoms with Gasteiger partial charge in [-0.15, -0.1) is 0 Å². The number of piperidine rings is 2. The number of hydrogen-bond donors (Lipinski definition) is 2. The second-order valence-electron chi connectivity index (χ2n) is 9.11. The van der Waals surface area contributed by atoms with E-state index in [-0.39, 0.29) is 29.4 Å². The Morgan fingerprint density at radius 1 is 1.06 bits per heavy atom. The third-order valence-electron chi connectivity index (χ3n) is 7.11. The standard InChI is InChI=1S/C23H24FN3O4/c24-17-11-16-15(21(30)27(22(16)31)18-1-2-19(28)26-20(18)29)10-14(17)9-13-3-4-23(12-13)5-7-25-8-6-23/h3,10-11,18,25H,1-2,4-9,12H2,(H,26,28,29). The molecule has 1 unspecified atom stereocenters. The van der Waals surface area contributed by atoms with Gasteiger partial charge in [0.1, 0.15) is 11.9 Å². The van der Waals surface area contributed by atoms with Crippen molar-refractivity contribution in [1.82, 2.24) is 15.5 Å². The zero-order valence-corrected chi connectivity index (χ0v) is 17.1. The third-order valence-corrected chi connectivity index (χ3v) is 7.11. The number of allylic oxidation sites excluding steroid dienone is 2. The average molecular weight is 425 g/mol. The van der Waals surface area contributed by atoms with E-state index in [1.165, 1.54) is 11.6 Å². The molecule has 0 radical (unpaired) electrons. The quantitative estimate of drug-likeness (QED) is 0.569. The van der Waals surface area contributed by atoms with Gasteiger partial charge in [-0.3, -0.25) is 29.4 Å². The summed E-state index contributed by atoms with van der Waals surface area (Å²) in [4.78, 5) is 50.2. The van der Waals surface area contributed by atoms with Crippen molar-refractivity contribution >= 4 is 23.6 Å². The largest absolute Gasteiger partial charge is 0.317 e. The number of nitrogens with zero attached hydrogens (tertiary/aromatic N) is 1. The van der Waals surface area contributed by atoms with Crippen molar-refractivity contribution in [2.24, 2.45) is 5.41 Å². The fourth-order valence-electron chi connectivity index (χ4n) is 5.37. The fraction of sp³-hybridized carbons (Fsp3) is 0.478. The summed E-state index contributed by atoms with van der Waals surface area (Å²) < 4.78 is 14.9. The summed E-state index contributed by atoms with van der Waals surface area (Å²) in [5.41, 5.74) is 1.93. The summed E-state index contributed by atoms with van der Waals surface area (Å²) in [6, 6.07) is 1.53. The lowest BCUT2D eigenvalue weighted by atomic mass is 9.76. The van der Waals surface area contributed by atoms with Gasteiger partial charge in [0.05, 0.1) is 11.1 Å². The molecule has 0 bridgehead atoms. The Morgan fingerprint density at radius 2 is 1.77 bits per heavy atom. The fourth-order valence-corrected chi connectivity index (χ4v) is 5.37. The first-order valence-corrected chi connectivity index (χ1v) is 10.8. The molecule has 2 saturated heterocycles. The molecule has 5 rings (SSSR count). The van der Waals surface area contributed by atoms with Crippen molar-refractivity contribution in [2.45, 2.75) is 51.0 Å². The molecule has 1 spiro atoms. The molecule has 0 aromatic heterocycles. The molecule has 31 heavy (non-hydrogen) atoms. The van der Waals surface area contributed by atoms with Crippen LogP contribution < -0.4 is 10.6 Å². The molecule has 4 amide bonds. The lowest BCUT2D eigenvalue weighted by Crippen LogP contribution is -2.54. The van der Waals surface area contributed by atoms with Crippen molar-refractivity contribution < 1.29 is 23.6 Å². The van der Waals surface area contributed by atoms with Crippen LogP contribution in [0.4, 0.5) is 4.39 Å². The van der Waals surface area contributed by atoms with Gasteiger partial charge in [-0.1, -0.05) is 11.6 Å². The molecule has 0 saturated carbocycles. The van der Waals surface area contributed by atoms with E-state index >= 15 is 0 Å². The van der Waals surface area contributed by atoms with E-state index in [4.69, 9.17) is 0 Å². The molecule has 8 heteroatoms. The summed E-state index contributed by atoms with van der Waals surface area (Å²) in [6.07, 6.45) is 6.87. The van der Waals surface area contributed by atoms with Crippen LogP contribution in [0.5, 0.6) is 0 Å². The summed E-state index contributed by atoms with van der Waals surface area (Å²) >= 11 is 0. The zero-order valence-electron chi connectivity index (χ0n) is 17.1. The van der Waals surface area contributed by atoms with Crippen LogP contribution in [0.3, 0.4) is 0 Å². The molecule has 1 atom stereocenters. The predicted octanol–water partition coefficient (Wildman–Crippen LogP) is 1.86. The highest BCUT2D eigenvalue weighted by molar-refractivity contribution is 6.23. The SMILES string of the molecule is O=C1CCC(N2C(=O)c3cc(F)c(CC4=CCC5(CCNCC5)C4)cc3C2=O)C(=O)N1. The van der Waals surface area contributed by atoms with E-state index in [0.717, 1.165) is 49.7 Å². The molecule has 1 aromatic rings. The lowest BCUT2D eigenvalue weighted by Gasteiger charge is -2.34. The summed E-state index contributed by atoms with van der Waals surface area (Å²) in [6.45, 7) is 2.00. The first-order chi connectivity index (χ1) is 14.9. The number of carbonyl (C=O) groups is 4. The van der Waals surface area contributed by atoms with Crippen LogP contribution >= 0.6 is 0 Å². The van der Waals surface area contributed by atoms with Crippen molar-refractivity contribution in [3.05, 3.63) is 46.3 Å². The topological polar surface area (TPSA) is 95.6 Å². The Labute approximate surface area is 179 Å². The van der Waals surface area contributed by atoms with Crippen molar-refractivity contribution in [3.63, 3.8) is 0 Å². The van der Waals surface area contributed by atoms with Gasteiger partial charge in [0.2, 0.25) is 11.8 Å². The van der Waals surface area contributed by atoms with E-state index in [1.54, 1.807) is 0 Å². The highest BCUT2D eigenvalue weighted by Crippen LogP contribution is 2.45. The van der Waals surface area contributed by atoms with Gasteiger partial charge in [-0.05, 0) is 74.7 Å². The Balaban J connectivity index is 1.37. The minimum Gasteiger partial charge on any atom is -0.317 e. The zero-order chi connectivity index (χ0) is 21.8. The van der Waals surface area contributed by atoms with Crippen LogP contribution in [0.1, 0.15) is 64.8 Å². The van der Waals surface area contributed by atoms with E-state index in [9.17, 15) is 23.6 Å². The Bertz CT molecular complexity index is 1040. The third kappa shape index (κ3) is 3.39. The van der Waals surface area contributed by atoms with Crippen LogP contribution in [-0.4, -0.2) is 47.7 Å². The number of nitrogens with one attached hydrogen (secondary N) is 2. The van der Waals surface area contributed by atoms with Gasteiger partial charge in [-0.2, -0.15) is 0 Å². The normalized spacial score (nSPS) is 25.1. The van der Waals surface area contributed by atoms with Crippen LogP contribution in [-0.2, 0) is 16.0 Å². The van der Waals surface area contributed by atoms with Gasteiger partial charge < -0.3 is 5.32 Å². The van der Waals surface area contributed by atoms with Gasteiger partial charge in [-0.25, -0.2) is 4.39 Å². The maximum absolute atomic E-state index is 14.9. The minimum absolute atomic E-state index is 0.0221. The highest BCUT2D eigenvalue weighted by Gasteiger charge is 2.45. The predicted molar refractivity (Wildman–Crippen MR) is 109 cm³/mol. The number of benzene rings is 1. The van der Waals surface area contributed by atoms with E-state index < -0.39 is 35.5 Å². The summed E-state index contributed by atoms with van der Waals surface area (Å²) in [7, 11) is 0. The smallest absolute Gasteiger partial charge is 0.262 e. The number of amides is 4. The van der Waals surface area contributed by atoms with Gasteiger partial charge in [0.15, 0.2) is 0 Å². The maximum atomic E-state index is 14.9. The van der Waals surface area contributed by atoms with Crippen LogP contribution in [0.25, 0.3) is 0 Å². The Morgan fingerprint density at radius 3 is 2.48 bits per heavy atom. The number of halogens is 1. The van der Waals surface area contributed by atoms with Gasteiger partial charge in [0.25, 0.3) is 11.8 Å². The first kappa shape index (κ1) is 20.1. The molecule has 1 aliphatic carbocycles. The van der Waals surface area contributed by atoms with Gasteiger partial charge >= 0.3 is 0 Å². The molecule has 1 aromatic carbocycles. The van der Waals surface area contributed by atoms with Crippen LogP contribution in [0, 0.1) is 11.2 Å². The molecule has 162 valence electrons. The van der Waals surface area contributed by atoms with Crippen LogP contribution in [0.2, 0.25) is 0 Å². The molecule has 4 aliphatic rings. The molecule has 7 nitrogen and oxygen atoms in total. The second kappa shape index (κ2) is 7.37. The minimum atomic E-state index is -1.05. The summed E-state index contributed by atoms with van der Waals surface area (Å²) in [5, 5.41) is 5.54. The highest BCUT2D eigenvalue weighted by atomic mass is 19.1. The van der Waals surface area contributed by atoms with Crippen molar-refractivity contribution in [2.75, 3.05) is 13.1 Å². The van der Waals surface area contributed by atoms with E-state index in [2.05, 4.69) is 16.7 Å². The number of imide groups is 2. The first-order valence-electron chi connectivity index (χ1n) is 10.8. The van der Waals surface area contributed by atoms with E-state index in [0.29, 0.717) is 12.0 Å². The Kier molecular flexibility index (Phi) is 4.77. The van der Waals surface area contributed by atoms with Gasteiger partial charge in [0, 0.05) is 6.42 Å². The molecule has 2 N–H and O–H groups in total. The number of hydrogen-bond acceptors (Lipinski definition) is 5. The molecular weight excluding hydrogens is 401 g/mol. The van der Waals surface area contributed by atoms with Crippen LogP contribution in [0.15, 0.2) is 23.8 Å². The monoisotopic (exact) mass is 425 g/mol. The van der Waals surface area contributed by atoms with Crippen molar-refractivity contribution in [1.29, 1.82) is 0 Å². The van der Waals surface area contributed by atoms with E-state index in [1.807, 2.05) is 0 Å². The van der Waals surface area contributed by atoms with Crippen molar-refractivity contribution in [3.8, 4) is 0 Å². The molecule has 3 heterocycles. The molecule has 3 aliphatic heterocycles. The number of fused-ring (bicyclic) bond motifs is 1. The Hall–Kier alpha value is -2.87. The summed E-state index contributed by atoms with van der Waals surface area (Å²) in [5.74, 6) is -2.91. The average Bonchev–Trinajstić information content (AvgIpc) is 3.22.